The molecule has 0 unspecified atom stereocenters. The first kappa shape index (κ1) is 22.2. The average Bonchev–Trinajstić information content (AvgIpc) is 3.00. The van der Waals surface area contributed by atoms with Crippen LogP contribution < -0.4 is 4.57 Å². The molecule has 0 radical (unpaired) electrons. The SMILES string of the molecule is CCCCCCCCCCCC[n+]1ccn(CCCCS(=O)(=O)[O-])c1. The molecule has 0 atom stereocenters. The van der Waals surface area contributed by atoms with Crippen molar-refractivity contribution >= 4 is 10.1 Å². The highest BCUT2D eigenvalue weighted by Gasteiger charge is 2.04. The van der Waals surface area contributed by atoms with Gasteiger partial charge in [0.2, 0.25) is 6.33 Å². The zero-order valence-electron chi connectivity index (χ0n) is 15.9. The molecule has 1 aromatic rings. The number of aromatic nitrogens is 2. The first-order valence-electron chi connectivity index (χ1n) is 9.99. The average molecular weight is 373 g/mol. The van der Waals surface area contributed by atoms with Crippen molar-refractivity contribution in [3.8, 4) is 0 Å². The molecule has 5 nitrogen and oxygen atoms in total. The molecule has 0 aromatic carbocycles. The van der Waals surface area contributed by atoms with Crippen LogP contribution in [0.1, 0.15) is 84.0 Å². The number of aryl methyl sites for hydroxylation is 2. The van der Waals surface area contributed by atoms with Crippen molar-refractivity contribution in [3.63, 3.8) is 0 Å². The normalized spacial score (nSPS) is 11.9. The van der Waals surface area contributed by atoms with Gasteiger partial charge in [-0.15, -0.1) is 0 Å². The van der Waals surface area contributed by atoms with Gasteiger partial charge in [-0.1, -0.05) is 58.3 Å². The lowest BCUT2D eigenvalue weighted by Gasteiger charge is -2.04. The Bertz CT molecular complexity index is 541. The molecule has 0 N–H and O–H groups in total. The zero-order valence-corrected chi connectivity index (χ0v) is 16.7. The lowest BCUT2D eigenvalue weighted by Crippen LogP contribution is -2.30. The maximum Gasteiger partial charge on any atom is 0.243 e. The Morgan fingerprint density at radius 3 is 2.08 bits per heavy atom. The predicted molar refractivity (Wildman–Crippen MR) is 100 cm³/mol. The van der Waals surface area contributed by atoms with Crippen LogP contribution in [-0.4, -0.2) is 23.3 Å². The van der Waals surface area contributed by atoms with E-state index >= 15 is 0 Å². The monoisotopic (exact) mass is 372 g/mol. The van der Waals surface area contributed by atoms with Crippen molar-refractivity contribution < 1.29 is 17.5 Å². The molecule has 1 heterocycles. The van der Waals surface area contributed by atoms with Crippen LogP contribution in [0.5, 0.6) is 0 Å². The Morgan fingerprint density at radius 2 is 1.48 bits per heavy atom. The molecule has 0 saturated heterocycles. The highest BCUT2D eigenvalue weighted by molar-refractivity contribution is 7.85. The third-order valence-corrected chi connectivity index (χ3v) is 5.37. The van der Waals surface area contributed by atoms with Crippen LogP contribution in [0.25, 0.3) is 0 Å². The molecule has 0 fully saturated rings. The standard InChI is InChI=1S/C19H36N2O3S/c1-2-3-4-5-6-7-8-9-10-11-14-20-16-17-21(19-20)15-12-13-18-25(22,23)24/h16-17,19H,2-15,18H2,1H3. The highest BCUT2D eigenvalue weighted by atomic mass is 32.2. The van der Waals surface area contributed by atoms with Crippen LogP contribution in [-0.2, 0) is 23.2 Å². The summed E-state index contributed by atoms with van der Waals surface area (Å²) in [5.74, 6) is -0.257. The third kappa shape index (κ3) is 13.0. The van der Waals surface area contributed by atoms with Crippen LogP contribution in [0.4, 0.5) is 0 Å². The van der Waals surface area contributed by atoms with E-state index in [0.29, 0.717) is 12.8 Å². The number of hydrogen-bond donors (Lipinski definition) is 0. The van der Waals surface area contributed by atoms with Gasteiger partial charge in [-0.2, -0.15) is 0 Å². The minimum Gasteiger partial charge on any atom is -0.748 e. The second-order valence-corrected chi connectivity index (χ2v) is 8.56. The topological polar surface area (TPSA) is 66.0 Å². The Hall–Kier alpha value is -0.880. The van der Waals surface area contributed by atoms with E-state index in [-0.39, 0.29) is 5.75 Å². The molecular formula is C19H36N2O3S. The van der Waals surface area contributed by atoms with Crippen molar-refractivity contribution in [2.45, 2.75) is 97.1 Å². The van der Waals surface area contributed by atoms with Crippen molar-refractivity contribution in [1.29, 1.82) is 0 Å². The summed E-state index contributed by atoms with van der Waals surface area (Å²) in [7, 11) is -4.07. The fraction of sp³-hybridized carbons (Fsp3) is 0.842. The van der Waals surface area contributed by atoms with Gasteiger partial charge in [-0.05, 0) is 25.7 Å². The van der Waals surface area contributed by atoms with Crippen LogP contribution in [0.15, 0.2) is 18.7 Å². The van der Waals surface area contributed by atoms with Gasteiger partial charge in [0.05, 0.1) is 23.2 Å². The van der Waals surface area contributed by atoms with Gasteiger partial charge in [0.15, 0.2) is 0 Å². The van der Waals surface area contributed by atoms with E-state index < -0.39 is 10.1 Å². The van der Waals surface area contributed by atoms with Crippen LogP contribution in [0, 0.1) is 0 Å². The first-order chi connectivity index (χ1) is 12.0. The molecule has 1 aromatic heterocycles. The van der Waals surface area contributed by atoms with E-state index in [1.165, 1.54) is 64.2 Å². The van der Waals surface area contributed by atoms with Gasteiger partial charge in [-0.25, -0.2) is 17.6 Å². The smallest absolute Gasteiger partial charge is 0.243 e. The minimum atomic E-state index is -4.07. The van der Waals surface area contributed by atoms with E-state index in [0.717, 1.165) is 13.1 Å². The largest absolute Gasteiger partial charge is 0.748 e. The minimum absolute atomic E-state index is 0.257. The molecule has 0 spiro atoms. The molecule has 0 aliphatic heterocycles. The van der Waals surface area contributed by atoms with Crippen LogP contribution in [0.3, 0.4) is 0 Å². The van der Waals surface area contributed by atoms with Gasteiger partial charge >= 0.3 is 0 Å². The summed E-state index contributed by atoms with van der Waals surface area (Å²) in [6.07, 6.45) is 20.8. The third-order valence-electron chi connectivity index (χ3n) is 4.58. The molecule has 0 aliphatic carbocycles. The molecule has 0 saturated carbocycles. The number of rotatable bonds is 16. The summed E-state index contributed by atoms with van der Waals surface area (Å²) < 4.78 is 35.9. The lowest BCUT2D eigenvalue weighted by atomic mass is 10.1. The number of hydrogen-bond acceptors (Lipinski definition) is 3. The van der Waals surface area contributed by atoms with Crippen molar-refractivity contribution in [3.05, 3.63) is 18.7 Å². The van der Waals surface area contributed by atoms with Gasteiger partial charge < -0.3 is 4.55 Å². The Morgan fingerprint density at radius 1 is 0.880 bits per heavy atom. The zero-order chi connectivity index (χ0) is 18.4. The first-order valence-corrected chi connectivity index (χ1v) is 11.6. The Balaban J connectivity index is 1.99. The summed E-state index contributed by atoms with van der Waals surface area (Å²) in [5, 5.41) is 0. The Kier molecular flexibility index (Phi) is 11.8. The van der Waals surface area contributed by atoms with Crippen LogP contribution in [0.2, 0.25) is 0 Å². The summed E-state index contributed by atoms with van der Waals surface area (Å²) >= 11 is 0. The quantitative estimate of drug-likeness (QED) is 0.250. The molecule has 6 heteroatoms. The molecule has 1 rings (SSSR count). The predicted octanol–water partition coefficient (Wildman–Crippen LogP) is 4.02. The molecular weight excluding hydrogens is 336 g/mol. The molecule has 0 aliphatic rings. The Labute approximate surface area is 154 Å². The van der Waals surface area contributed by atoms with E-state index in [1.807, 2.05) is 6.20 Å². The second kappa shape index (κ2) is 13.3. The maximum atomic E-state index is 10.6. The summed E-state index contributed by atoms with van der Waals surface area (Å²) in [6.45, 7) is 4.06. The lowest BCUT2D eigenvalue weighted by molar-refractivity contribution is -0.696. The van der Waals surface area contributed by atoms with Gasteiger partial charge in [0.25, 0.3) is 0 Å². The summed E-state index contributed by atoms with van der Waals surface area (Å²) in [4.78, 5) is 0. The number of unbranched alkanes of at least 4 members (excludes halogenated alkanes) is 10. The van der Waals surface area contributed by atoms with E-state index in [1.54, 1.807) is 0 Å². The maximum absolute atomic E-state index is 10.6. The van der Waals surface area contributed by atoms with Gasteiger partial charge in [0.1, 0.15) is 12.4 Å². The fourth-order valence-electron chi connectivity index (χ4n) is 3.06. The van der Waals surface area contributed by atoms with E-state index in [4.69, 9.17) is 0 Å². The van der Waals surface area contributed by atoms with Gasteiger partial charge in [0, 0.05) is 5.75 Å². The number of nitrogens with zero attached hydrogens (tertiary/aromatic N) is 2. The molecule has 25 heavy (non-hydrogen) atoms. The summed E-state index contributed by atoms with van der Waals surface area (Å²) in [5.41, 5.74) is 0. The fourth-order valence-corrected chi connectivity index (χ4v) is 3.62. The van der Waals surface area contributed by atoms with Gasteiger partial charge in [-0.3, -0.25) is 0 Å². The van der Waals surface area contributed by atoms with Crippen molar-refractivity contribution in [2.24, 2.45) is 0 Å². The number of imidazole rings is 1. The molecule has 146 valence electrons. The van der Waals surface area contributed by atoms with Crippen LogP contribution >= 0.6 is 0 Å². The van der Waals surface area contributed by atoms with E-state index in [2.05, 4.69) is 28.6 Å². The van der Waals surface area contributed by atoms with Crippen molar-refractivity contribution in [1.82, 2.24) is 4.57 Å². The van der Waals surface area contributed by atoms with Crippen molar-refractivity contribution in [2.75, 3.05) is 5.75 Å². The van der Waals surface area contributed by atoms with E-state index in [9.17, 15) is 13.0 Å². The highest BCUT2D eigenvalue weighted by Crippen LogP contribution is 2.10. The second-order valence-electron chi connectivity index (χ2n) is 7.04. The molecule has 0 bridgehead atoms. The summed E-state index contributed by atoms with van der Waals surface area (Å²) in [6, 6.07) is 0. The molecule has 0 amide bonds.